The second kappa shape index (κ2) is 7.46. The van der Waals surface area contributed by atoms with Crippen molar-refractivity contribution >= 4 is 11.8 Å². The Balaban J connectivity index is 1.32. The molecule has 1 radical (unpaired) electrons. The van der Waals surface area contributed by atoms with Crippen molar-refractivity contribution in [1.29, 1.82) is 0 Å². The third kappa shape index (κ3) is 4.06. The van der Waals surface area contributed by atoms with Crippen LogP contribution in [0.25, 0.3) is 0 Å². The van der Waals surface area contributed by atoms with Crippen LogP contribution in [0, 0.1) is 23.6 Å². The van der Waals surface area contributed by atoms with Crippen molar-refractivity contribution in [1.82, 2.24) is 4.90 Å². The number of hydrogen-bond donors (Lipinski definition) is 0. The Hall–Kier alpha value is -1.39. The molecule has 2 aliphatic heterocycles. The molecule has 2 aliphatic rings. The fourth-order valence-corrected chi connectivity index (χ4v) is 5.16. The van der Waals surface area contributed by atoms with Crippen LogP contribution in [0.4, 0.5) is 8.78 Å². The van der Waals surface area contributed by atoms with Crippen molar-refractivity contribution in [2.75, 3.05) is 25.4 Å². The van der Waals surface area contributed by atoms with Crippen LogP contribution >= 0.6 is 11.8 Å². The van der Waals surface area contributed by atoms with E-state index in [1.54, 1.807) is 24.3 Å². The Labute approximate surface area is 152 Å². The summed E-state index contributed by atoms with van der Waals surface area (Å²) in [5, 5.41) is 0. The Kier molecular flexibility index (Phi) is 5.09. The number of nitrogens with zero attached hydrogens (tertiary/aromatic N) is 1. The highest BCUT2D eigenvalue weighted by Crippen LogP contribution is 2.35. The highest BCUT2D eigenvalue weighted by molar-refractivity contribution is 7.99. The number of likely N-dealkylation sites (tertiary alicyclic amines) is 1. The zero-order valence-corrected chi connectivity index (χ0v) is 15.0. The van der Waals surface area contributed by atoms with E-state index in [-0.39, 0.29) is 11.6 Å². The van der Waals surface area contributed by atoms with Crippen molar-refractivity contribution in [3.8, 4) is 0 Å². The minimum absolute atomic E-state index is 0.132. The van der Waals surface area contributed by atoms with Crippen LogP contribution in [-0.2, 0) is 6.42 Å². The maximum absolute atomic E-state index is 13.5. The molecule has 1 atom stereocenters. The number of fused-ring (bicyclic) bond motifs is 1. The van der Waals surface area contributed by atoms with Gasteiger partial charge in [-0.3, -0.25) is 0 Å². The van der Waals surface area contributed by atoms with E-state index < -0.39 is 0 Å². The fraction of sp³-hybridized carbons (Fsp3) is 0.429. The molecule has 4 heteroatoms. The molecule has 1 saturated heterocycles. The molecule has 2 heterocycles. The first kappa shape index (κ1) is 17.0. The van der Waals surface area contributed by atoms with Crippen LogP contribution in [0.3, 0.4) is 0 Å². The average molecular weight is 358 g/mol. The van der Waals surface area contributed by atoms with Gasteiger partial charge in [0.05, 0.1) is 0 Å². The maximum atomic E-state index is 13.5. The second-order valence-corrected chi connectivity index (χ2v) is 8.23. The summed E-state index contributed by atoms with van der Waals surface area (Å²) >= 11 is 1.85. The minimum Gasteiger partial charge on any atom is -0.303 e. The molecular weight excluding hydrogens is 336 g/mol. The molecule has 131 valence electrons. The molecule has 1 unspecified atom stereocenters. The highest BCUT2D eigenvalue weighted by atomic mass is 32.2. The van der Waals surface area contributed by atoms with E-state index in [9.17, 15) is 8.78 Å². The summed E-state index contributed by atoms with van der Waals surface area (Å²) in [4.78, 5) is 3.75. The van der Waals surface area contributed by atoms with Gasteiger partial charge in [0.1, 0.15) is 11.6 Å². The first-order valence-corrected chi connectivity index (χ1v) is 9.96. The van der Waals surface area contributed by atoms with Crippen molar-refractivity contribution in [2.45, 2.75) is 30.1 Å². The van der Waals surface area contributed by atoms with Crippen LogP contribution in [-0.4, -0.2) is 30.3 Å². The van der Waals surface area contributed by atoms with Crippen LogP contribution < -0.4 is 0 Å². The molecule has 0 spiro atoms. The summed E-state index contributed by atoms with van der Waals surface area (Å²) in [5.74, 6) is 1.81. The molecular formula is C21H22F2NS. The molecule has 1 fully saturated rings. The third-order valence-electron chi connectivity index (χ3n) is 5.34. The second-order valence-electron chi connectivity index (χ2n) is 7.17. The Morgan fingerprint density at radius 2 is 1.88 bits per heavy atom. The monoisotopic (exact) mass is 358 g/mol. The third-order valence-corrected chi connectivity index (χ3v) is 6.68. The van der Waals surface area contributed by atoms with Crippen LogP contribution in [0.2, 0.25) is 0 Å². The quantitative estimate of drug-likeness (QED) is 0.767. The predicted molar refractivity (Wildman–Crippen MR) is 98.0 cm³/mol. The smallest absolute Gasteiger partial charge is 0.123 e. The summed E-state index contributed by atoms with van der Waals surface area (Å²) in [5.41, 5.74) is 2.17. The number of thioether (sulfide) groups is 1. The van der Waals surface area contributed by atoms with E-state index in [1.807, 2.05) is 17.8 Å². The van der Waals surface area contributed by atoms with Gasteiger partial charge < -0.3 is 4.90 Å². The van der Waals surface area contributed by atoms with E-state index in [0.717, 1.165) is 55.8 Å². The molecule has 2 aromatic rings. The van der Waals surface area contributed by atoms with Gasteiger partial charge in [0.2, 0.25) is 0 Å². The number of benzene rings is 2. The Morgan fingerprint density at radius 1 is 1.08 bits per heavy atom. The maximum Gasteiger partial charge on any atom is 0.123 e. The van der Waals surface area contributed by atoms with E-state index in [1.165, 1.54) is 11.0 Å². The van der Waals surface area contributed by atoms with Crippen LogP contribution in [0.1, 0.15) is 29.9 Å². The van der Waals surface area contributed by atoms with Gasteiger partial charge in [-0.15, -0.1) is 11.8 Å². The molecule has 0 aliphatic carbocycles. The van der Waals surface area contributed by atoms with Gasteiger partial charge in [-0.2, -0.15) is 0 Å². The lowest BCUT2D eigenvalue weighted by atomic mass is 9.89. The molecule has 0 saturated carbocycles. The average Bonchev–Trinajstić information content (AvgIpc) is 2.62. The van der Waals surface area contributed by atoms with Crippen LogP contribution in [0.15, 0.2) is 41.3 Å². The van der Waals surface area contributed by atoms with Gasteiger partial charge in [-0.25, -0.2) is 8.78 Å². The van der Waals surface area contributed by atoms with Crippen molar-refractivity contribution in [2.24, 2.45) is 5.92 Å². The van der Waals surface area contributed by atoms with Crippen LogP contribution in [0.5, 0.6) is 0 Å². The summed E-state index contributed by atoms with van der Waals surface area (Å²) in [7, 11) is 0. The van der Waals surface area contributed by atoms with Gasteiger partial charge in [-0.05, 0) is 91.7 Å². The standard InChI is InChI=1S/C21H22F2NS/c22-19-3-1-2-17(11-19)16-6-8-24(9-7-16)13-15-10-18-12-20(23)4-5-21(18)25-14-15/h1,3-5,11-12,15-16H,6-10,13-14H2. The molecule has 0 N–H and O–H groups in total. The van der Waals surface area contributed by atoms with Gasteiger partial charge in [0.15, 0.2) is 0 Å². The van der Waals surface area contributed by atoms with Gasteiger partial charge in [0.25, 0.3) is 0 Å². The molecule has 0 bridgehead atoms. The summed E-state index contributed by atoms with van der Waals surface area (Å²) in [6.07, 6.45) is 3.09. The lowest BCUT2D eigenvalue weighted by Gasteiger charge is -2.35. The Bertz CT molecular complexity index is 740. The largest absolute Gasteiger partial charge is 0.303 e. The number of hydrogen-bond acceptors (Lipinski definition) is 2. The van der Waals surface area contributed by atoms with Crippen molar-refractivity contribution in [3.05, 3.63) is 65.2 Å². The first-order valence-electron chi connectivity index (χ1n) is 8.98. The lowest BCUT2D eigenvalue weighted by molar-refractivity contribution is 0.187. The minimum atomic E-state index is -0.165. The predicted octanol–water partition coefficient (Wildman–Crippen LogP) is 4.91. The molecule has 25 heavy (non-hydrogen) atoms. The van der Waals surface area contributed by atoms with E-state index in [2.05, 4.69) is 11.0 Å². The van der Waals surface area contributed by atoms with Gasteiger partial charge >= 0.3 is 0 Å². The summed E-state index contributed by atoms with van der Waals surface area (Å²) in [6.45, 7) is 3.17. The number of piperidine rings is 1. The summed E-state index contributed by atoms with van der Waals surface area (Å²) in [6, 6.07) is 13.1. The zero-order valence-electron chi connectivity index (χ0n) is 14.2. The van der Waals surface area contributed by atoms with E-state index in [4.69, 9.17) is 0 Å². The van der Waals surface area contributed by atoms with Gasteiger partial charge in [0, 0.05) is 17.2 Å². The number of rotatable bonds is 3. The van der Waals surface area contributed by atoms with E-state index >= 15 is 0 Å². The molecule has 1 nitrogen and oxygen atoms in total. The fourth-order valence-electron chi connectivity index (χ4n) is 4.03. The molecule has 4 rings (SSSR count). The molecule has 0 aromatic heterocycles. The Morgan fingerprint density at radius 3 is 2.68 bits per heavy atom. The summed E-state index contributed by atoms with van der Waals surface area (Å²) < 4.78 is 26.9. The number of halogens is 2. The lowest BCUT2D eigenvalue weighted by Crippen LogP contribution is -2.38. The van der Waals surface area contributed by atoms with Crippen molar-refractivity contribution < 1.29 is 8.78 Å². The van der Waals surface area contributed by atoms with E-state index in [0.29, 0.717) is 11.8 Å². The normalized spacial score (nSPS) is 21.9. The molecule has 0 amide bonds. The zero-order chi connectivity index (χ0) is 17.2. The topological polar surface area (TPSA) is 3.24 Å². The SMILES string of the molecule is Fc1cc[c]c(C2CCN(CC3CSc4ccc(F)cc4C3)CC2)c1. The molecule has 2 aromatic carbocycles. The highest BCUT2D eigenvalue weighted by Gasteiger charge is 2.25. The first-order chi connectivity index (χ1) is 12.2. The van der Waals surface area contributed by atoms with Gasteiger partial charge in [-0.1, -0.05) is 6.07 Å². The van der Waals surface area contributed by atoms with Crippen molar-refractivity contribution in [3.63, 3.8) is 0 Å².